The van der Waals surface area contributed by atoms with Crippen LogP contribution in [0.2, 0.25) is 0 Å². The molecular formula is C14H17N3O3. The first kappa shape index (κ1) is 14.1. The average molecular weight is 275 g/mol. The number of aryl methyl sites for hydroxylation is 1. The number of benzene rings is 1. The number of hydrogen-bond donors (Lipinski definition) is 2. The molecule has 0 spiro atoms. The van der Waals surface area contributed by atoms with Gasteiger partial charge in [-0.05, 0) is 24.3 Å². The van der Waals surface area contributed by atoms with Gasteiger partial charge in [0.15, 0.2) is 0 Å². The Morgan fingerprint density at radius 2 is 2.15 bits per heavy atom. The zero-order valence-electron chi connectivity index (χ0n) is 11.2. The van der Waals surface area contributed by atoms with Crippen LogP contribution in [0.1, 0.15) is 16.2 Å². The predicted molar refractivity (Wildman–Crippen MR) is 73.8 cm³/mol. The molecule has 2 N–H and O–H groups in total. The lowest BCUT2D eigenvalue weighted by molar-refractivity contribution is 0.0697. The SMILES string of the molecule is Cn1ccnc1CNCCOc1ccc(C(=O)O)cc1. The van der Waals surface area contributed by atoms with E-state index in [0.717, 1.165) is 5.82 Å². The van der Waals surface area contributed by atoms with E-state index in [4.69, 9.17) is 9.84 Å². The molecule has 0 saturated heterocycles. The highest BCUT2D eigenvalue weighted by molar-refractivity contribution is 5.87. The first-order chi connectivity index (χ1) is 9.66. The second-order valence-corrected chi connectivity index (χ2v) is 4.31. The highest BCUT2D eigenvalue weighted by atomic mass is 16.5. The van der Waals surface area contributed by atoms with E-state index in [0.29, 0.717) is 25.4 Å². The van der Waals surface area contributed by atoms with Gasteiger partial charge in [0, 0.05) is 26.0 Å². The molecule has 0 aliphatic heterocycles. The van der Waals surface area contributed by atoms with Gasteiger partial charge in [-0.15, -0.1) is 0 Å². The van der Waals surface area contributed by atoms with Crippen LogP contribution in [0, 0.1) is 0 Å². The third kappa shape index (κ3) is 3.83. The van der Waals surface area contributed by atoms with Crippen LogP contribution in [-0.4, -0.2) is 33.8 Å². The number of nitrogens with one attached hydrogen (secondary N) is 1. The van der Waals surface area contributed by atoms with Crippen LogP contribution >= 0.6 is 0 Å². The van der Waals surface area contributed by atoms with Gasteiger partial charge in [0.1, 0.15) is 18.2 Å². The van der Waals surface area contributed by atoms with E-state index in [1.54, 1.807) is 18.3 Å². The van der Waals surface area contributed by atoms with Gasteiger partial charge in [0.05, 0.1) is 12.1 Å². The molecule has 0 saturated carbocycles. The minimum atomic E-state index is -0.937. The normalized spacial score (nSPS) is 10.4. The third-order valence-electron chi connectivity index (χ3n) is 2.85. The summed E-state index contributed by atoms with van der Waals surface area (Å²) in [5, 5.41) is 12.0. The van der Waals surface area contributed by atoms with E-state index in [2.05, 4.69) is 10.3 Å². The summed E-state index contributed by atoms with van der Waals surface area (Å²) in [5.41, 5.74) is 0.255. The molecule has 0 radical (unpaired) electrons. The van der Waals surface area contributed by atoms with Crippen molar-refractivity contribution in [3.05, 3.63) is 48.0 Å². The van der Waals surface area contributed by atoms with Crippen molar-refractivity contribution < 1.29 is 14.6 Å². The van der Waals surface area contributed by atoms with Gasteiger partial charge in [-0.3, -0.25) is 0 Å². The standard InChI is InChI=1S/C14H17N3O3/c1-17-8-6-16-13(17)10-15-7-9-20-12-4-2-11(3-5-12)14(18)19/h2-6,8,15H,7,9-10H2,1H3,(H,18,19). The fraction of sp³-hybridized carbons (Fsp3) is 0.286. The van der Waals surface area contributed by atoms with Gasteiger partial charge in [-0.1, -0.05) is 0 Å². The number of nitrogens with zero attached hydrogens (tertiary/aromatic N) is 2. The fourth-order valence-electron chi connectivity index (χ4n) is 1.70. The van der Waals surface area contributed by atoms with Crippen LogP contribution in [0.15, 0.2) is 36.7 Å². The van der Waals surface area contributed by atoms with Crippen molar-refractivity contribution in [2.45, 2.75) is 6.54 Å². The molecule has 0 aliphatic rings. The molecule has 0 amide bonds. The molecule has 1 aromatic carbocycles. The highest BCUT2D eigenvalue weighted by Gasteiger charge is 2.02. The summed E-state index contributed by atoms with van der Waals surface area (Å²) in [6, 6.07) is 6.36. The van der Waals surface area contributed by atoms with Crippen LogP contribution < -0.4 is 10.1 Å². The fourth-order valence-corrected chi connectivity index (χ4v) is 1.70. The zero-order chi connectivity index (χ0) is 14.4. The molecule has 0 aliphatic carbocycles. The summed E-state index contributed by atoms with van der Waals surface area (Å²) < 4.78 is 7.46. The second-order valence-electron chi connectivity index (χ2n) is 4.31. The van der Waals surface area contributed by atoms with Crippen LogP contribution in [-0.2, 0) is 13.6 Å². The summed E-state index contributed by atoms with van der Waals surface area (Å²) in [7, 11) is 1.95. The largest absolute Gasteiger partial charge is 0.492 e. The van der Waals surface area contributed by atoms with E-state index >= 15 is 0 Å². The molecule has 0 fully saturated rings. The van der Waals surface area contributed by atoms with Gasteiger partial charge in [0.2, 0.25) is 0 Å². The van der Waals surface area contributed by atoms with Crippen molar-refractivity contribution >= 4 is 5.97 Å². The summed E-state index contributed by atoms with van der Waals surface area (Å²) in [6.45, 7) is 1.88. The van der Waals surface area contributed by atoms with Crippen molar-refractivity contribution in [1.82, 2.24) is 14.9 Å². The van der Waals surface area contributed by atoms with Crippen LogP contribution in [0.4, 0.5) is 0 Å². The molecule has 0 bridgehead atoms. The number of aromatic nitrogens is 2. The number of carbonyl (C=O) groups is 1. The Morgan fingerprint density at radius 3 is 2.75 bits per heavy atom. The zero-order valence-corrected chi connectivity index (χ0v) is 11.2. The minimum Gasteiger partial charge on any atom is -0.492 e. The molecule has 1 aromatic heterocycles. The van der Waals surface area contributed by atoms with Gasteiger partial charge in [-0.2, -0.15) is 0 Å². The van der Waals surface area contributed by atoms with E-state index < -0.39 is 5.97 Å². The number of imidazole rings is 1. The first-order valence-corrected chi connectivity index (χ1v) is 6.30. The maximum atomic E-state index is 10.7. The molecule has 2 rings (SSSR count). The molecular weight excluding hydrogens is 258 g/mol. The lowest BCUT2D eigenvalue weighted by Gasteiger charge is -2.08. The summed E-state index contributed by atoms with van der Waals surface area (Å²) >= 11 is 0. The molecule has 0 atom stereocenters. The maximum absolute atomic E-state index is 10.7. The third-order valence-corrected chi connectivity index (χ3v) is 2.85. The van der Waals surface area contributed by atoms with Crippen LogP contribution in [0.3, 0.4) is 0 Å². The first-order valence-electron chi connectivity index (χ1n) is 6.30. The molecule has 0 unspecified atom stereocenters. The van der Waals surface area contributed by atoms with Gasteiger partial charge >= 0.3 is 5.97 Å². The maximum Gasteiger partial charge on any atom is 0.335 e. The average Bonchev–Trinajstić information content (AvgIpc) is 2.84. The molecule has 2 aromatic rings. The lowest BCUT2D eigenvalue weighted by Crippen LogP contribution is -2.22. The summed E-state index contributed by atoms with van der Waals surface area (Å²) in [4.78, 5) is 14.9. The predicted octanol–water partition coefficient (Wildman–Crippen LogP) is 1.29. The van der Waals surface area contributed by atoms with Crippen molar-refractivity contribution in [2.75, 3.05) is 13.2 Å². The molecule has 6 nitrogen and oxygen atoms in total. The monoisotopic (exact) mass is 275 g/mol. The van der Waals surface area contributed by atoms with Crippen LogP contribution in [0.25, 0.3) is 0 Å². The molecule has 106 valence electrons. The number of hydrogen-bond acceptors (Lipinski definition) is 4. The Labute approximate surface area is 117 Å². The second kappa shape index (κ2) is 6.72. The summed E-state index contributed by atoms with van der Waals surface area (Å²) in [6.07, 6.45) is 3.66. The Hall–Kier alpha value is -2.34. The molecule has 6 heteroatoms. The minimum absolute atomic E-state index is 0.255. The summed E-state index contributed by atoms with van der Waals surface area (Å²) in [5.74, 6) is 0.692. The van der Waals surface area contributed by atoms with E-state index in [1.807, 2.05) is 17.8 Å². The van der Waals surface area contributed by atoms with Crippen molar-refractivity contribution in [1.29, 1.82) is 0 Å². The number of ether oxygens (including phenoxy) is 1. The lowest BCUT2D eigenvalue weighted by atomic mass is 10.2. The topological polar surface area (TPSA) is 76.4 Å². The number of aromatic carboxylic acids is 1. The molecule has 1 heterocycles. The van der Waals surface area contributed by atoms with E-state index in [1.165, 1.54) is 12.1 Å². The smallest absolute Gasteiger partial charge is 0.335 e. The Kier molecular flexibility index (Phi) is 4.73. The number of rotatable bonds is 7. The van der Waals surface area contributed by atoms with Gasteiger partial charge in [-0.25, -0.2) is 9.78 Å². The Morgan fingerprint density at radius 1 is 1.40 bits per heavy atom. The van der Waals surface area contributed by atoms with E-state index in [-0.39, 0.29) is 5.56 Å². The van der Waals surface area contributed by atoms with Crippen LogP contribution in [0.5, 0.6) is 5.75 Å². The van der Waals surface area contributed by atoms with Crippen molar-refractivity contribution in [3.63, 3.8) is 0 Å². The number of carboxylic acid groups (broad SMARTS) is 1. The number of carboxylic acids is 1. The quantitative estimate of drug-likeness (QED) is 0.745. The van der Waals surface area contributed by atoms with Gasteiger partial charge < -0.3 is 19.7 Å². The van der Waals surface area contributed by atoms with Crippen molar-refractivity contribution in [2.24, 2.45) is 7.05 Å². The van der Waals surface area contributed by atoms with Crippen molar-refractivity contribution in [3.8, 4) is 5.75 Å². The Bertz CT molecular complexity index is 563. The molecule has 20 heavy (non-hydrogen) atoms. The van der Waals surface area contributed by atoms with Gasteiger partial charge in [0.25, 0.3) is 0 Å². The van der Waals surface area contributed by atoms with E-state index in [9.17, 15) is 4.79 Å². The highest BCUT2D eigenvalue weighted by Crippen LogP contribution is 2.11. The Balaban J connectivity index is 1.68.